The molecule has 0 amide bonds. The van der Waals surface area contributed by atoms with Crippen LogP contribution in [-0.4, -0.2) is 32.9 Å². The number of methoxy groups -OCH3 is 1. The van der Waals surface area contributed by atoms with Crippen LogP contribution in [0.4, 0.5) is 5.69 Å². The van der Waals surface area contributed by atoms with Crippen LogP contribution in [0.5, 0.6) is 0 Å². The van der Waals surface area contributed by atoms with Crippen molar-refractivity contribution in [1.29, 1.82) is 0 Å². The SMILES string of the molecule is COC(C)(C)Cn1nnnc1-c1ccc(N)cc1Cl. The third-order valence-electron chi connectivity index (χ3n) is 2.85. The number of rotatable bonds is 4. The van der Waals surface area contributed by atoms with Crippen molar-refractivity contribution < 1.29 is 4.74 Å². The Morgan fingerprint density at radius 2 is 2.16 bits per heavy atom. The highest BCUT2D eigenvalue weighted by atomic mass is 35.5. The fraction of sp³-hybridized carbons (Fsp3) is 0.417. The zero-order valence-corrected chi connectivity index (χ0v) is 11.8. The Hall–Kier alpha value is -1.66. The average molecular weight is 282 g/mol. The van der Waals surface area contributed by atoms with Gasteiger partial charge in [-0.1, -0.05) is 11.6 Å². The Kier molecular flexibility index (Phi) is 3.73. The van der Waals surface area contributed by atoms with Gasteiger partial charge in [0.1, 0.15) is 0 Å². The number of tetrazole rings is 1. The Morgan fingerprint density at radius 1 is 1.42 bits per heavy atom. The molecule has 2 N–H and O–H groups in total. The minimum atomic E-state index is -0.371. The predicted octanol–water partition coefficient (Wildman–Crippen LogP) is 2.00. The smallest absolute Gasteiger partial charge is 0.183 e. The standard InChI is InChI=1S/C12H16ClN5O/c1-12(2,19-3)7-18-11(15-16-17-18)9-5-4-8(14)6-10(9)13/h4-6H,7,14H2,1-3H3. The van der Waals surface area contributed by atoms with Crippen molar-refractivity contribution in [3.63, 3.8) is 0 Å². The van der Waals surface area contributed by atoms with Crippen molar-refractivity contribution in [2.24, 2.45) is 0 Å². The van der Waals surface area contributed by atoms with Crippen molar-refractivity contribution in [3.05, 3.63) is 23.2 Å². The van der Waals surface area contributed by atoms with E-state index in [0.29, 0.717) is 23.1 Å². The van der Waals surface area contributed by atoms with Crippen molar-refractivity contribution >= 4 is 17.3 Å². The van der Waals surface area contributed by atoms with Gasteiger partial charge in [-0.15, -0.1) is 5.10 Å². The lowest BCUT2D eigenvalue weighted by Gasteiger charge is -2.22. The molecule has 102 valence electrons. The van der Waals surface area contributed by atoms with Gasteiger partial charge in [0.2, 0.25) is 0 Å². The third kappa shape index (κ3) is 3.02. The lowest BCUT2D eigenvalue weighted by Crippen LogP contribution is -2.30. The van der Waals surface area contributed by atoms with E-state index in [1.54, 1.807) is 30.0 Å². The molecule has 0 spiro atoms. The van der Waals surface area contributed by atoms with Crippen LogP contribution in [0, 0.1) is 0 Å². The van der Waals surface area contributed by atoms with E-state index < -0.39 is 0 Å². The molecule has 0 saturated carbocycles. The number of ether oxygens (including phenoxy) is 1. The van der Waals surface area contributed by atoms with Crippen molar-refractivity contribution in [3.8, 4) is 11.4 Å². The largest absolute Gasteiger partial charge is 0.399 e. The number of benzene rings is 1. The molecule has 6 nitrogen and oxygen atoms in total. The first-order valence-electron chi connectivity index (χ1n) is 5.80. The van der Waals surface area contributed by atoms with E-state index in [-0.39, 0.29) is 5.60 Å². The first kappa shape index (κ1) is 13.8. The van der Waals surface area contributed by atoms with Crippen LogP contribution in [-0.2, 0) is 11.3 Å². The van der Waals surface area contributed by atoms with Crippen LogP contribution in [0.25, 0.3) is 11.4 Å². The van der Waals surface area contributed by atoms with E-state index in [2.05, 4.69) is 15.5 Å². The highest BCUT2D eigenvalue weighted by molar-refractivity contribution is 6.33. The summed E-state index contributed by atoms with van der Waals surface area (Å²) < 4.78 is 7.05. The highest BCUT2D eigenvalue weighted by Crippen LogP contribution is 2.28. The quantitative estimate of drug-likeness (QED) is 0.867. The molecule has 1 aromatic carbocycles. The van der Waals surface area contributed by atoms with Gasteiger partial charge in [0.15, 0.2) is 5.82 Å². The molecule has 0 atom stereocenters. The number of anilines is 1. The van der Waals surface area contributed by atoms with E-state index in [1.165, 1.54) is 0 Å². The number of nitrogens with two attached hydrogens (primary N) is 1. The lowest BCUT2D eigenvalue weighted by atomic mass is 10.1. The summed E-state index contributed by atoms with van der Waals surface area (Å²) in [5, 5.41) is 12.2. The van der Waals surface area contributed by atoms with Gasteiger partial charge >= 0.3 is 0 Å². The van der Waals surface area contributed by atoms with Crippen LogP contribution < -0.4 is 5.73 Å². The monoisotopic (exact) mass is 281 g/mol. The van der Waals surface area contributed by atoms with Crippen LogP contribution >= 0.6 is 11.6 Å². The van der Waals surface area contributed by atoms with Gasteiger partial charge < -0.3 is 10.5 Å². The molecule has 0 saturated heterocycles. The number of halogens is 1. The fourth-order valence-electron chi connectivity index (χ4n) is 1.64. The van der Waals surface area contributed by atoms with Crippen LogP contribution in [0.1, 0.15) is 13.8 Å². The topological polar surface area (TPSA) is 78.8 Å². The minimum Gasteiger partial charge on any atom is -0.399 e. The predicted molar refractivity (Wildman–Crippen MR) is 73.8 cm³/mol. The van der Waals surface area contributed by atoms with E-state index in [4.69, 9.17) is 22.1 Å². The highest BCUT2D eigenvalue weighted by Gasteiger charge is 2.21. The maximum Gasteiger partial charge on any atom is 0.183 e. The summed E-state index contributed by atoms with van der Waals surface area (Å²) in [5.41, 5.74) is 6.65. The third-order valence-corrected chi connectivity index (χ3v) is 3.16. The molecule has 0 aliphatic rings. The average Bonchev–Trinajstić information content (AvgIpc) is 2.76. The maximum atomic E-state index is 6.18. The van der Waals surface area contributed by atoms with Crippen LogP contribution in [0.2, 0.25) is 5.02 Å². The number of hydrogen-bond donors (Lipinski definition) is 1. The summed E-state index contributed by atoms with van der Waals surface area (Å²) in [4.78, 5) is 0. The molecule has 0 radical (unpaired) electrons. The number of nitrogen functional groups attached to an aromatic ring is 1. The van der Waals surface area contributed by atoms with Gasteiger partial charge in [0.05, 0.1) is 17.2 Å². The summed E-state index contributed by atoms with van der Waals surface area (Å²) in [5.74, 6) is 0.593. The molecule has 0 bridgehead atoms. The zero-order chi connectivity index (χ0) is 14.0. The summed E-state index contributed by atoms with van der Waals surface area (Å²) in [7, 11) is 1.65. The molecule has 1 heterocycles. The van der Waals surface area contributed by atoms with Gasteiger partial charge in [-0.3, -0.25) is 0 Å². The number of aromatic nitrogens is 4. The van der Waals surface area contributed by atoms with Crippen LogP contribution in [0.3, 0.4) is 0 Å². The second-order valence-electron chi connectivity index (χ2n) is 4.86. The Labute approximate surface area is 116 Å². The molecule has 0 unspecified atom stereocenters. The molecule has 0 aliphatic heterocycles. The summed E-state index contributed by atoms with van der Waals surface area (Å²) in [6, 6.07) is 5.25. The van der Waals surface area contributed by atoms with Gasteiger partial charge in [0, 0.05) is 18.4 Å². The maximum absolute atomic E-state index is 6.18. The van der Waals surface area contributed by atoms with Crippen LogP contribution in [0.15, 0.2) is 18.2 Å². The van der Waals surface area contributed by atoms with E-state index in [1.807, 2.05) is 13.8 Å². The first-order valence-corrected chi connectivity index (χ1v) is 6.17. The summed E-state index contributed by atoms with van der Waals surface area (Å²) in [6.45, 7) is 4.44. The van der Waals surface area contributed by atoms with E-state index in [0.717, 1.165) is 5.56 Å². The number of nitrogens with zero attached hydrogens (tertiary/aromatic N) is 4. The lowest BCUT2D eigenvalue weighted by molar-refractivity contribution is 0.00538. The molecular weight excluding hydrogens is 266 g/mol. The summed E-state index contributed by atoms with van der Waals surface area (Å²) >= 11 is 6.18. The van der Waals surface area contributed by atoms with E-state index in [9.17, 15) is 0 Å². The zero-order valence-electron chi connectivity index (χ0n) is 11.1. The molecule has 19 heavy (non-hydrogen) atoms. The summed E-state index contributed by atoms with van der Waals surface area (Å²) in [6.07, 6.45) is 0. The second-order valence-corrected chi connectivity index (χ2v) is 5.27. The fourth-order valence-corrected chi connectivity index (χ4v) is 1.92. The van der Waals surface area contributed by atoms with Crippen molar-refractivity contribution in [1.82, 2.24) is 20.2 Å². The van der Waals surface area contributed by atoms with E-state index >= 15 is 0 Å². The minimum absolute atomic E-state index is 0.371. The van der Waals surface area contributed by atoms with Gasteiger partial charge in [-0.05, 0) is 42.5 Å². The normalized spacial score (nSPS) is 11.8. The molecule has 7 heteroatoms. The van der Waals surface area contributed by atoms with Crippen molar-refractivity contribution in [2.75, 3.05) is 12.8 Å². The number of hydrogen-bond acceptors (Lipinski definition) is 5. The van der Waals surface area contributed by atoms with Gasteiger partial charge in [-0.25, -0.2) is 4.68 Å². The Morgan fingerprint density at radius 3 is 2.79 bits per heavy atom. The molecule has 2 aromatic rings. The molecular formula is C12H16ClN5O. The molecule has 0 fully saturated rings. The first-order chi connectivity index (χ1) is 8.93. The Bertz CT molecular complexity index is 581. The Balaban J connectivity index is 2.39. The van der Waals surface area contributed by atoms with Gasteiger partial charge in [-0.2, -0.15) is 0 Å². The molecule has 2 rings (SSSR count). The molecule has 0 aliphatic carbocycles. The second kappa shape index (κ2) is 5.14. The van der Waals surface area contributed by atoms with Crippen molar-refractivity contribution in [2.45, 2.75) is 26.0 Å². The van der Waals surface area contributed by atoms with Gasteiger partial charge in [0.25, 0.3) is 0 Å². The molecule has 1 aromatic heterocycles.